The van der Waals surface area contributed by atoms with Gasteiger partial charge in [0, 0.05) is 25.8 Å². The zero-order valence-electron chi connectivity index (χ0n) is 12.6. The molecule has 0 unspecified atom stereocenters. The van der Waals surface area contributed by atoms with Crippen molar-refractivity contribution in [1.82, 2.24) is 15.1 Å². The number of hydrogen-bond donors (Lipinski definition) is 3. The second-order valence-corrected chi connectivity index (χ2v) is 4.81. The lowest BCUT2D eigenvalue weighted by Crippen LogP contribution is -2.30. The van der Waals surface area contributed by atoms with Crippen molar-refractivity contribution in [1.29, 1.82) is 0 Å². The minimum atomic E-state index is -0.301. The zero-order valence-corrected chi connectivity index (χ0v) is 12.6. The van der Waals surface area contributed by atoms with E-state index in [2.05, 4.69) is 15.7 Å². The minimum absolute atomic E-state index is 0.274. The van der Waals surface area contributed by atoms with Crippen LogP contribution in [0.4, 0.5) is 5.69 Å². The minimum Gasteiger partial charge on any atom is -0.351 e. The van der Waals surface area contributed by atoms with Crippen molar-refractivity contribution in [3.05, 3.63) is 47.3 Å². The predicted octanol–water partition coefficient (Wildman–Crippen LogP) is 0.669. The van der Waals surface area contributed by atoms with Crippen molar-refractivity contribution in [2.75, 3.05) is 18.4 Å². The fourth-order valence-electron chi connectivity index (χ4n) is 1.98. The third-order valence-corrected chi connectivity index (χ3v) is 3.33. The molecule has 0 aliphatic carbocycles. The van der Waals surface area contributed by atoms with Gasteiger partial charge >= 0.3 is 0 Å². The van der Waals surface area contributed by atoms with Gasteiger partial charge in [0.15, 0.2) is 0 Å². The molecule has 22 heavy (non-hydrogen) atoms. The molecular weight excluding hydrogens is 282 g/mol. The average molecular weight is 301 g/mol. The summed E-state index contributed by atoms with van der Waals surface area (Å²) in [5.74, 6) is -0.575. The first-order valence-corrected chi connectivity index (χ1v) is 6.92. The summed E-state index contributed by atoms with van der Waals surface area (Å²) in [6.45, 7) is 2.54. The van der Waals surface area contributed by atoms with Crippen molar-refractivity contribution < 1.29 is 9.59 Å². The van der Waals surface area contributed by atoms with Gasteiger partial charge in [-0.15, -0.1) is 0 Å². The Kier molecular flexibility index (Phi) is 4.90. The molecule has 1 aromatic carbocycles. The molecule has 116 valence electrons. The van der Waals surface area contributed by atoms with Gasteiger partial charge in [-0.2, -0.15) is 5.10 Å². The molecule has 2 aromatic rings. The van der Waals surface area contributed by atoms with Gasteiger partial charge < -0.3 is 16.4 Å². The topological polar surface area (TPSA) is 102 Å². The SMILES string of the molecule is Cc1c(C(=O)Nc2ccccc2C(=O)NCCN)cnn1C. The number of nitrogens with one attached hydrogen (secondary N) is 2. The molecule has 4 N–H and O–H groups in total. The number of aromatic nitrogens is 2. The molecule has 0 spiro atoms. The number of para-hydroxylation sites is 1. The summed E-state index contributed by atoms with van der Waals surface area (Å²) >= 11 is 0. The maximum Gasteiger partial charge on any atom is 0.259 e. The van der Waals surface area contributed by atoms with Gasteiger partial charge in [-0.05, 0) is 19.1 Å². The number of benzene rings is 1. The number of amides is 2. The number of rotatable bonds is 5. The lowest BCUT2D eigenvalue weighted by atomic mass is 10.1. The number of nitrogens with zero attached hydrogens (tertiary/aromatic N) is 2. The second kappa shape index (κ2) is 6.86. The Balaban J connectivity index is 2.21. The van der Waals surface area contributed by atoms with E-state index >= 15 is 0 Å². The van der Waals surface area contributed by atoms with Crippen molar-refractivity contribution in [3.63, 3.8) is 0 Å². The number of hydrogen-bond acceptors (Lipinski definition) is 4. The molecule has 0 aliphatic heterocycles. The molecule has 0 atom stereocenters. The number of carbonyl (C=O) groups excluding carboxylic acids is 2. The van der Waals surface area contributed by atoms with Gasteiger partial charge in [0.25, 0.3) is 11.8 Å². The molecule has 0 saturated heterocycles. The molecule has 0 aliphatic rings. The van der Waals surface area contributed by atoms with Crippen LogP contribution in [-0.2, 0) is 7.05 Å². The molecule has 0 radical (unpaired) electrons. The molecule has 1 heterocycles. The zero-order chi connectivity index (χ0) is 16.1. The van der Waals surface area contributed by atoms with Crippen LogP contribution >= 0.6 is 0 Å². The fourth-order valence-corrected chi connectivity index (χ4v) is 1.98. The lowest BCUT2D eigenvalue weighted by Gasteiger charge is -2.11. The van der Waals surface area contributed by atoms with Crippen molar-refractivity contribution >= 4 is 17.5 Å². The number of aryl methyl sites for hydroxylation is 1. The van der Waals surface area contributed by atoms with E-state index in [1.54, 1.807) is 36.0 Å². The number of anilines is 1. The summed E-state index contributed by atoms with van der Waals surface area (Å²) in [6, 6.07) is 6.83. The van der Waals surface area contributed by atoms with Crippen LogP contribution in [0.5, 0.6) is 0 Å². The van der Waals surface area contributed by atoms with E-state index in [9.17, 15) is 9.59 Å². The van der Waals surface area contributed by atoms with E-state index in [0.717, 1.165) is 5.69 Å². The Morgan fingerprint density at radius 2 is 1.95 bits per heavy atom. The summed E-state index contributed by atoms with van der Waals surface area (Å²) in [5, 5.41) is 9.48. The second-order valence-electron chi connectivity index (χ2n) is 4.81. The number of carbonyl (C=O) groups is 2. The van der Waals surface area contributed by atoms with Crippen LogP contribution in [0.2, 0.25) is 0 Å². The first kappa shape index (κ1) is 15.7. The van der Waals surface area contributed by atoms with Crippen LogP contribution < -0.4 is 16.4 Å². The third-order valence-electron chi connectivity index (χ3n) is 3.33. The monoisotopic (exact) mass is 301 g/mol. The van der Waals surface area contributed by atoms with Crippen LogP contribution in [0.15, 0.2) is 30.5 Å². The Hall–Kier alpha value is -2.67. The molecule has 7 heteroatoms. The van der Waals surface area contributed by atoms with Gasteiger partial charge in [0.1, 0.15) is 0 Å². The van der Waals surface area contributed by atoms with E-state index in [-0.39, 0.29) is 11.8 Å². The molecule has 0 fully saturated rings. The fraction of sp³-hybridized carbons (Fsp3) is 0.267. The van der Waals surface area contributed by atoms with Gasteiger partial charge in [-0.25, -0.2) is 0 Å². The third kappa shape index (κ3) is 3.32. The van der Waals surface area contributed by atoms with Crippen LogP contribution in [0.3, 0.4) is 0 Å². The largest absolute Gasteiger partial charge is 0.351 e. The van der Waals surface area contributed by atoms with Gasteiger partial charge in [0.05, 0.1) is 23.0 Å². The van der Waals surface area contributed by atoms with Gasteiger partial charge in [-0.1, -0.05) is 12.1 Å². The summed E-state index contributed by atoms with van der Waals surface area (Å²) in [5.41, 5.74) is 7.44. The molecule has 7 nitrogen and oxygen atoms in total. The summed E-state index contributed by atoms with van der Waals surface area (Å²) in [4.78, 5) is 24.4. The molecule has 2 rings (SSSR count). The van der Waals surface area contributed by atoms with E-state index < -0.39 is 0 Å². The average Bonchev–Trinajstić information content (AvgIpc) is 2.85. The van der Waals surface area contributed by atoms with E-state index in [0.29, 0.717) is 29.9 Å². The summed E-state index contributed by atoms with van der Waals surface area (Å²) in [7, 11) is 1.76. The smallest absolute Gasteiger partial charge is 0.259 e. The Labute approximate surface area is 128 Å². The van der Waals surface area contributed by atoms with Gasteiger partial charge in [-0.3, -0.25) is 14.3 Å². The maximum atomic E-state index is 12.3. The van der Waals surface area contributed by atoms with Crippen molar-refractivity contribution in [3.8, 4) is 0 Å². The lowest BCUT2D eigenvalue weighted by molar-refractivity contribution is 0.0955. The summed E-state index contributed by atoms with van der Waals surface area (Å²) < 4.78 is 1.62. The molecule has 0 saturated carbocycles. The van der Waals surface area contributed by atoms with Crippen LogP contribution in [-0.4, -0.2) is 34.7 Å². The predicted molar refractivity (Wildman–Crippen MR) is 83.7 cm³/mol. The summed E-state index contributed by atoms with van der Waals surface area (Å²) in [6.07, 6.45) is 1.50. The normalized spacial score (nSPS) is 10.3. The van der Waals surface area contributed by atoms with E-state index in [4.69, 9.17) is 5.73 Å². The molecular formula is C15H19N5O2. The van der Waals surface area contributed by atoms with Gasteiger partial charge in [0.2, 0.25) is 0 Å². The molecule has 2 amide bonds. The Morgan fingerprint density at radius 1 is 1.23 bits per heavy atom. The Morgan fingerprint density at radius 3 is 2.59 bits per heavy atom. The quantitative estimate of drug-likeness (QED) is 0.755. The van der Waals surface area contributed by atoms with Crippen molar-refractivity contribution in [2.45, 2.75) is 6.92 Å². The van der Waals surface area contributed by atoms with E-state index in [1.165, 1.54) is 6.20 Å². The maximum absolute atomic E-state index is 12.3. The standard InChI is InChI=1S/C15H19N5O2/c1-10-12(9-18-20(10)2)15(22)19-13-6-4-3-5-11(13)14(21)17-8-7-16/h3-6,9H,7-8,16H2,1-2H3,(H,17,21)(H,19,22). The number of nitrogens with two attached hydrogens (primary N) is 1. The van der Waals surface area contributed by atoms with Crippen molar-refractivity contribution in [2.24, 2.45) is 12.8 Å². The van der Waals surface area contributed by atoms with Crippen LogP contribution in [0, 0.1) is 6.92 Å². The highest BCUT2D eigenvalue weighted by atomic mass is 16.2. The molecule has 1 aromatic heterocycles. The first-order chi connectivity index (χ1) is 10.5. The highest BCUT2D eigenvalue weighted by Gasteiger charge is 2.16. The highest BCUT2D eigenvalue weighted by molar-refractivity contribution is 6.09. The first-order valence-electron chi connectivity index (χ1n) is 6.92. The Bertz CT molecular complexity index is 693. The van der Waals surface area contributed by atoms with Crippen LogP contribution in [0.25, 0.3) is 0 Å². The highest BCUT2D eigenvalue weighted by Crippen LogP contribution is 2.17. The molecule has 0 bridgehead atoms. The van der Waals surface area contributed by atoms with Crippen LogP contribution in [0.1, 0.15) is 26.4 Å². The van der Waals surface area contributed by atoms with E-state index in [1.807, 2.05) is 6.92 Å².